The highest BCUT2D eigenvalue weighted by molar-refractivity contribution is 6.01. The number of ether oxygens (including phenoxy) is 2. The number of para-hydroxylation sites is 1. The summed E-state index contributed by atoms with van der Waals surface area (Å²) in [4.78, 5) is 25.3. The number of benzene rings is 1. The molecule has 0 aromatic heterocycles. The van der Waals surface area contributed by atoms with Crippen molar-refractivity contribution in [3.8, 4) is 5.75 Å². The lowest BCUT2D eigenvalue weighted by Gasteiger charge is -2.32. The van der Waals surface area contributed by atoms with Crippen molar-refractivity contribution in [3.63, 3.8) is 0 Å². The van der Waals surface area contributed by atoms with Crippen molar-refractivity contribution < 1.29 is 19.1 Å². The number of carbonyl (C=O) groups excluding carboxylic acids is 2. The summed E-state index contributed by atoms with van der Waals surface area (Å²) in [6, 6.07) is 5.19. The molecule has 20 heavy (non-hydrogen) atoms. The summed E-state index contributed by atoms with van der Waals surface area (Å²) in [5.74, 6) is 0.366. The molecule has 1 aliphatic rings. The van der Waals surface area contributed by atoms with Crippen LogP contribution in [0.25, 0.3) is 0 Å². The van der Waals surface area contributed by atoms with Crippen LogP contribution in [0.2, 0.25) is 0 Å². The molecule has 0 aliphatic carbocycles. The van der Waals surface area contributed by atoms with Gasteiger partial charge < -0.3 is 9.47 Å². The molecule has 1 amide bonds. The number of anilines is 1. The second-order valence-corrected chi connectivity index (χ2v) is 5.69. The fourth-order valence-corrected chi connectivity index (χ4v) is 2.03. The van der Waals surface area contributed by atoms with Gasteiger partial charge in [-0.1, -0.05) is 6.07 Å². The van der Waals surface area contributed by atoms with Gasteiger partial charge in [-0.3, -0.25) is 9.69 Å². The van der Waals surface area contributed by atoms with Crippen LogP contribution in [0.5, 0.6) is 5.75 Å². The molecule has 0 saturated heterocycles. The molecule has 1 heterocycles. The van der Waals surface area contributed by atoms with Crippen LogP contribution in [0.4, 0.5) is 10.5 Å². The molecule has 5 nitrogen and oxygen atoms in total. The largest absolute Gasteiger partial charge is 0.489 e. The lowest BCUT2D eigenvalue weighted by molar-refractivity contribution is 0.0567. The van der Waals surface area contributed by atoms with E-state index in [9.17, 15) is 9.59 Å². The Labute approximate surface area is 118 Å². The number of Topliss-reactive ketones (excluding diaryl/α,β-unsaturated/α-hetero) is 1. The van der Waals surface area contributed by atoms with Crippen molar-refractivity contribution in [2.75, 3.05) is 18.1 Å². The molecule has 0 saturated carbocycles. The maximum Gasteiger partial charge on any atom is 0.415 e. The predicted octanol–water partition coefficient (Wildman–Crippen LogP) is 3.02. The minimum absolute atomic E-state index is 0.0899. The Hall–Kier alpha value is -2.04. The molecule has 5 heteroatoms. The van der Waals surface area contributed by atoms with Gasteiger partial charge in [-0.25, -0.2) is 4.79 Å². The molecule has 0 atom stereocenters. The molecule has 108 valence electrons. The molecule has 0 N–H and O–H groups in total. The summed E-state index contributed by atoms with van der Waals surface area (Å²) in [5.41, 5.74) is 0.502. The van der Waals surface area contributed by atoms with E-state index in [1.165, 1.54) is 11.8 Å². The first-order chi connectivity index (χ1) is 9.29. The van der Waals surface area contributed by atoms with Crippen molar-refractivity contribution in [2.45, 2.75) is 33.3 Å². The molecule has 0 radical (unpaired) electrons. The molecule has 1 aromatic rings. The van der Waals surface area contributed by atoms with E-state index in [1.807, 2.05) is 20.8 Å². The standard InChI is InChI=1S/C15H19NO4/c1-10(17)11-6-5-7-12-13(11)19-9-8-16(12)14(18)20-15(2,3)4/h5-7H,8-9H2,1-4H3. The second kappa shape index (κ2) is 5.15. The minimum atomic E-state index is -0.562. The fourth-order valence-electron chi connectivity index (χ4n) is 2.03. The van der Waals surface area contributed by atoms with Gasteiger partial charge in [0, 0.05) is 0 Å². The van der Waals surface area contributed by atoms with Crippen molar-refractivity contribution in [1.82, 2.24) is 0 Å². The Morgan fingerprint density at radius 3 is 2.60 bits per heavy atom. The van der Waals surface area contributed by atoms with E-state index in [-0.39, 0.29) is 5.78 Å². The third kappa shape index (κ3) is 2.92. The SMILES string of the molecule is CC(=O)c1cccc2c1OCCN2C(=O)OC(C)(C)C. The molecular weight excluding hydrogens is 258 g/mol. The summed E-state index contributed by atoms with van der Waals surface area (Å²) in [5, 5.41) is 0. The third-order valence-corrected chi connectivity index (χ3v) is 2.84. The number of hydrogen-bond donors (Lipinski definition) is 0. The summed E-state index contributed by atoms with van der Waals surface area (Å²) >= 11 is 0. The molecule has 0 spiro atoms. The number of rotatable bonds is 1. The number of amides is 1. The summed E-state index contributed by atoms with van der Waals surface area (Å²) in [6.45, 7) is 7.68. The van der Waals surface area contributed by atoms with Crippen LogP contribution in [-0.4, -0.2) is 30.6 Å². The topological polar surface area (TPSA) is 55.8 Å². The zero-order valence-electron chi connectivity index (χ0n) is 12.2. The highest BCUT2D eigenvalue weighted by Crippen LogP contribution is 2.35. The molecule has 0 fully saturated rings. The predicted molar refractivity (Wildman–Crippen MR) is 75.5 cm³/mol. The van der Waals surface area contributed by atoms with Gasteiger partial charge >= 0.3 is 6.09 Å². The van der Waals surface area contributed by atoms with Crippen molar-refractivity contribution in [1.29, 1.82) is 0 Å². The van der Waals surface area contributed by atoms with Crippen LogP contribution in [0, 0.1) is 0 Å². The van der Waals surface area contributed by atoms with E-state index in [0.29, 0.717) is 30.2 Å². The van der Waals surface area contributed by atoms with Gasteiger partial charge in [-0.2, -0.15) is 0 Å². The van der Waals surface area contributed by atoms with E-state index in [0.717, 1.165) is 0 Å². The molecule has 0 unspecified atom stereocenters. The zero-order chi connectivity index (χ0) is 14.9. The fraction of sp³-hybridized carbons (Fsp3) is 0.467. The van der Waals surface area contributed by atoms with Gasteiger partial charge in [0.25, 0.3) is 0 Å². The average Bonchev–Trinajstić information content (AvgIpc) is 2.35. The Morgan fingerprint density at radius 2 is 2.00 bits per heavy atom. The summed E-state index contributed by atoms with van der Waals surface area (Å²) < 4.78 is 10.9. The van der Waals surface area contributed by atoms with Crippen LogP contribution in [0.3, 0.4) is 0 Å². The van der Waals surface area contributed by atoms with E-state index < -0.39 is 11.7 Å². The smallest absolute Gasteiger partial charge is 0.415 e. The lowest BCUT2D eigenvalue weighted by Crippen LogP contribution is -2.41. The van der Waals surface area contributed by atoms with Gasteiger partial charge in [-0.15, -0.1) is 0 Å². The molecule has 1 aliphatic heterocycles. The first-order valence-electron chi connectivity index (χ1n) is 6.57. The van der Waals surface area contributed by atoms with E-state index in [2.05, 4.69) is 0 Å². The highest BCUT2D eigenvalue weighted by atomic mass is 16.6. The van der Waals surface area contributed by atoms with Crippen LogP contribution in [-0.2, 0) is 4.74 Å². The van der Waals surface area contributed by atoms with Gasteiger partial charge in [-0.05, 0) is 39.8 Å². The van der Waals surface area contributed by atoms with Crippen LogP contribution < -0.4 is 9.64 Å². The monoisotopic (exact) mass is 277 g/mol. The normalized spacial score (nSPS) is 14.3. The second-order valence-electron chi connectivity index (χ2n) is 5.69. The van der Waals surface area contributed by atoms with Crippen molar-refractivity contribution in [2.24, 2.45) is 0 Å². The van der Waals surface area contributed by atoms with E-state index in [1.54, 1.807) is 18.2 Å². The Balaban J connectivity index is 2.36. The number of hydrogen-bond acceptors (Lipinski definition) is 4. The highest BCUT2D eigenvalue weighted by Gasteiger charge is 2.29. The first-order valence-corrected chi connectivity index (χ1v) is 6.57. The molecule has 2 rings (SSSR count). The maximum absolute atomic E-state index is 12.2. The van der Waals surface area contributed by atoms with Gasteiger partial charge in [0.2, 0.25) is 0 Å². The number of ketones is 1. The molecule has 0 bridgehead atoms. The van der Waals surface area contributed by atoms with Crippen LogP contribution in [0.15, 0.2) is 18.2 Å². The van der Waals surface area contributed by atoms with E-state index in [4.69, 9.17) is 9.47 Å². The molecular formula is C15H19NO4. The third-order valence-electron chi connectivity index (χ3n) is 2.84. The van der Waals surface area contributed by atoms with Crippen molar-refractivity contribution in [3.05, 3.63) is 23.8 Å². The number of fused-ring (bicyclic) bond motifs is 1. The van der Waals surface area contributed by atoms with Gasteiger partial charge in [0.1, 0.15) is 12.2 Å². The Morgan fingerprint density at radius 1 is 1.30 bits per heavy atom. The first kappa shape index (κ1) is 14.4. The van der Waals surface area contributed by atoms with Gasteiger partial charge in [0.05, 0.1) is 17.8 Å². The number of carbonyl (C=O) groups is 2. The zero-order valence-corrected chi connectivity index (χ0v) is 12.2. The van der Waals surface area contributed by atoms with E-state index >= 15 is 0 Å². The quantitative estimate of drug-likeness (QED) is 0.740. The lowest BCUT2D eigenvalue weighted by atomic mass is 10.1. The van der Waals surface area contributed by atoms with Crippen LogP contribution in [0.1, 0.15) is 38.1 Å². The van der Waals surface area contributed by atoms with Gasteiger partial charge in [0.15, 0.2) is 11.5 Å². The Kier molecular flexibility index (Phi) is 3.70. The summed E-state index contributed by atoms with van der Waals surface area (Å²) in [6.07, 6.45) is -0.428. The summed E-state index contributed by atoms with van der Waals surface area (Å²) in [7, 11) is 0. The number of nitrogens with zero attached hydrogens (tertiary/aromatic N) is 1. The minimum Gasteiger partial charge on any atom is -0.489 e. The Bertz CT molecular complexity index is 545. The van der Waals surface area contributed by atoms with Crippen LogP contribution >= 0.6 is 0 Å². The molecule has 1 aromatic carbocycles. The average molecular weight is 277 g/mol. The van der Waals surface area contributed by atoms with Crippen molar-refractivity contribution >= 4 is 17.6 Å². The maximum atomic E-state index is 12.2.